The van der Waals surface area contributed by atoms with Gasteiger partial charge in [0.2, 0.25) is 0 Å². The van der Waals surface area contributed by atoms with Crippen molar-refractivity contribution in [3.05, 3.63) is 30.1 Å². The molecule has 1 heterocycles. The Morgan fingerprint density at radius 3 is 2.80 bits per heavy atom. The number of aromatic nitrogens is 2. The fourth-order valence-corrected chi connectivity index (χ4v) is 2.72. The Morgan fingerprint density at radius 2 is 2.15 bits per heavy atom. The molecule has 5 heteroatoms. The van der Waals surface area contributed by atoms with Crippen molar-refractivity contribution in [3.8, 4) is 0 Å². The average Bonchev–Trinajstić information content (AvgIpc) is 2.80. The van der Waals surface area contributed by atoms with Crippen molar-refractivity contribution in [2.75, 3.05) is 26.7 Å². The molecule has 0 aliphatic carbocycles. The second-order valence-corrected chi connectivity index (χ2v) is 5.03. The van der Waals surface area contributed by atoms with E-state index < -0.39 is 0 Å². The van der Waals surface area contributed by atoms with Crippen LogP contribution in [-0.4, -0.2) is 46.3 Å². The van der Waals surface area contributed by atoms with Crippen LogP contribution in [0.5, 0.6) is 0 Å². The molecule has 5 nitrogen and oxygen atoms in total. The van der Waals surface area contributed by atoms with E-state index in [1.165, 1.54) is 0 Å². The van der Waals surface area contributed by atoms with Gasteiger partial charge in [0.15, 0.2) is 0 Å². The van der Waals surface area contributed by atoms with Gasteiger partial charge in [0.1, 0.15) is 5.82 Å². The number of imidazole rings is 1. The first-order valence-electron chi connectivity index (χ1n) is 7.19. The molecular weight excluding hydrogens is 252 g/mol. The van der Waals surface area contributed by atoms with Gasteiger partial charge < -0.3 is 15.4 Å². The summed E-state index contributed by atoms with van der Waals surface area (Å²) in [5.74, 6) is 1.04. The summed E-state index contributed by atoms with van der Waals surface area (Å²) in [4.78, 5) is 6.94. The van der Waals surface area contributed by atoms with Gasteiger partial charge in [-0.05, 0) is 25.6 Å². The molecule has 1 aromatic carbocycles. The number of hydrogen-bond donors (Lipinski definition) is 2. The van der Waals surface area contributed by atoms with Crippen molar-refractivity contribution in [1.82, 2.24) is 14.5 Å². The van der Waals surface area contributed by atoms with Crippen molar-refractivity contribution < 1.29 is 5.11 Å². The van der Waals surface area contributed by atoms with E-state index in [1.807, 2.05) is 25.2 Å². The van der Waals surface area contributed by atoms with Crippen LogP contribution in [0.3, 0.4) is 0 Å². The first kappa shape index (κ1) is 15.0. The second kappa shape index (κ2) is 6.83. The smallest absolute Gasteiger partial charge is 0.127 e. The van der Waals surface area contributed by atoms with Gasteiger partial charge in [-0.25, -0.2) is 4.98 Å². The van der Waals surface area contributed by atoms with E-state index in [9.17, 15) is 0 Å². The first-order chi connectivity index (χ1) is 9.72. The number of nitrogens with two attached hydrogens (primary N) is 1. The molecule has 3 N–H and O–H groups in total. The van der Waals surface area contributed by atoms with Crippen molar-refractivity contribution >= 4 is 11.0 Å². The maximum atomic E-state index is 9.15. The number of rotatable bonds is 7. The normalized spacial score (nSPS) is 13.2. The van der Waals surface area contributed by atoms with Crippen LogP contribution in [0.4, 0.5) is 0 Å². The zero-order valence-corrected chi connectivity index (χ0v) is 12.3. The lowest BCUT2D eigenvalue weighted by atomic mass is 10.2. The third kappa shape index (κ3) is 2.85. The standard InChI is InChI=1S/C15H24N4O/c1-3-13(18(2)10-11-20)15-17-12-6-4-5-7-14(12)19(15)9-8-16/h4-7,13,20H,3,8-11,16H2,1-2H3. The van der Waals surface area contributed by atoms with E-state index in [0.717, 1.165) is 29.8 Å². The quantitative estimate of drug-likeness (QED) is 0.801. The summed E-state index contributed by atoms with van der Waals surface area (Å²) in [6.07, 6.45) is 0.949. The number of hydrogen-bond acceptors (Lipinski definition) is 4. The van der Waals surface area contributed by atoms with E-state index in [0.29, 0.717) is 13.1 Å². The highest BCUT2D eigenvalue weighted by Gasteiger charge is 2.21. The number of nitrogens with zero attached hydrogens (tertiary/aromatic N) is 3. The predicted octanol–water partition coefficient (Wildman–Crippen LogP) is 1.37. The molecule has 1 unspecified atom stereocenters. The molecule has 1 aromatic heterocycles. The minimum Gasteiger partial charge on any atom is -0.395 e. The van der Waals surface area contributed by atoms with E-state index in [1.54, 1.807) is 0 Å². The largest absolute Gasteiger partial charge is 0.395 e. The van der Waals surface area contributed by atoms with Gasteiger partial charge in [-0.3, -0.25) is 4.90 Å². The van der Waals surface area contributed by atoms with Crippen molar-refractivity contribution in [2.45, 2.75) is 25.9 Å². The van der Waals surface area contributed by atoms with Gasteiger partial charge in [-0.2, -0.15) is 0 Å². The van der Waals surface area contributed by atoms with Crippen LogP contribution in [0.25, 0.3) is 11.0 Å². The van der Waals surface area contributed by atoms with Crippen LogP contribution in [0.1, 0.15) is 25.2 Å². The minimum atomic E-state index is 0.157. The number of benzene rings is 1. The highest BCUT2D eigenvalue weighted by molar-refractivity contribution is 5.76. The summed E-state index contributed by atoms with van der Waals surface area (Å²) in [6.45, 7) is 4.30. The van der Waals surface area contributed by atoms with Gasteiger partial charge in [-0.1, -0.05) is 19.1 Å². The predicted molar refractivity (Wildman–Crippen MR) is 81.5 cm³/mol. The molecule has 0 bridgehead atoms. The van der Waals surface area contributed by atoms with Gasteiger partial charge in [0, 0.05) is 19.6 Å². The SMILES string of the molecule is CCC(c1nc2ccccc2n1CCN)N(C)CCO. The summed E-state index contributed by atoms with van der Waals surface area (Å²) in [7, 11) is 2.02. The molecule has 20 heavy (non-hydrogen) atoms. The summed E-state index contributed by atoms with van der Waals surface area (Å²) in [5.41, 5.74) is 7.89. The number of aliphatic hydroxyl groups excluding tert-OH is 1. The molecule has 0 saturated carbocycles. The summed E-state index contributed by atoms with van der Waals surface area (Å²) in [5, 5.41) is 9.15. The molecule has 0 aliphatic rings. The minimum absolute atomic E-state index is 0.157. The van der Waals surface area contributed by atoms with E-state index in [-0.39, 0.29) is 12.6 Å². The fraction of sp³-hybridized carbons (Fsp3) is 0.533. The Hall–Kier alpha value is -1.43. The van der Waals surface area contributed by atoms with Crippen LogP contribution in [0.15, 0.2) is 24.3 Å². The van der Waals surface area contributed by atoms with Crippen LogP contribution in [0, 0.1) is 0 Å². The first-order valence-corrected chi connectivity index (χ1v) is 7.19. The topological polar surface area (TPSA) is 67.3 Å². The number of aliphatic hydroxyl groups is 1. The van der Waals surface area contributed by atoms with Gasteiger partial charge >= 0.3 is 0 Å². The molecule has 1 atom stereocenters. The maximum absolute atomic E-state index is 9.15. The molecule has 0 spiro atoms. The molecule has 110 valence electrons. The van der Waals surface area contributed by atoms with Gasteiger partial charge in [0.05, 0.1) is 23.7 Å². The van der Waals surface area contributed by atoms with Crippen LogP contribution in [0.2, 0.25) is 0 Å². The maximum Gasteiger partial charge on any atom is 0.127 e. The Labute approximate surface area is 120 Å². The monoisotopic (exact) mass is 276 g/mol. The lowest BCUT2D eigenvalue weighted by molar-refractivity contribution is 0.170. The molecule has 0 amide bonds. The zero-order valence-electron chi connectivity index (χ0n) is 12.3. The third-order valence-corrected chi connectivity index (χ3v) is 3.71. The molecule has 2 rings (SSSR count). The molecule has 0 saturated heterocycles. The fourth-order valence-electron chi connectivity index (χ4n) is 2.72. The van der Waals surface area contributed by atoms with E-state index in [4.69, 9.17) is 15.8 Å². The number of fused-ring (bicyclic) bond motifs is 1. The molecule has 0 fully saturated rings. The summed E-state index contributed by atoms with van der Waals surface area (Å²) >= 11 is 0. The van der Waals surface area contributed by atoms with Crippen LogP contribution < -0.4 is 5.73 Å². The second-order valence-electron chi connectivity index (χ2n) is 5.03. The number of likely N-dealkylation sites (N-methyl/N-ethyl adjacent to an activating group) is 1. The van der Waals surface area contributed by atoms with Gasteiger partial charge in [-0.15, -0.1) is 0 Å². The Balaban J connectivity index is 2.47. The van der Waals surface area contributed by atoms with E-state index in [2.05, 4.69) is 22.5 Å². The highest BCUT2D eigenvalue weighted by Crippen LogP contribution is 2.26. The van der Waals surface area contributed by atoms with Crippen molar-refractivity contribution in [3.63, 3.8) is 0 Å². The summed E-state index contributed by atoms with van der Waals surface area (Å²) in [6, 6.07) is 8.34. The average molecular weight is 276 g/mol. The lowest BCUT2D eigenvalue weighted by Gasteiger charge is -2.26. The molecule has 0 radical (unpaired) electrons. The Morgan fingerprint density at radius 1 is 1.40 bits per heavy atom. The van der Waals surface area contributed by atoms with Crippen LogP contribution in [-0.2, 0) is 6.54 Å². The Kier molecular flexibility index (Phi) is 5.11. The number of para-hydroxylation sites is 2. The van der Waals surface area contributed by atoms with Crippen LogP contribution >= 0.6 is 0 Å². The Bertz CT molecular complexity index is 552. The highest BCUT2D eigenvalue weighted by atomic mass is 16.3. The summed E-state index contributed by atoms with van der Waals surface area (Å²) < 4.78 is 2.21. The molecule has 2 aromatic rings. The molecule has 0 aliphatic heterocycles. The van der Waals surface area contributed by atoms with E-state index >= 15 is 0 Å². The van der Waals surface area contributed by atoms with Crippen molar-refractivity contribution in [2.24, 2.45) is 5.73 Å². The van der Waals surface area contributed by atoms with Crippen molar-refractivity contribution in [1.29, 1.82) is 0 Å². The zero-order chi connectivity index (χ0) is 14.5. The lowest BCUT2D eigenvalue weighted by Crippen LogP contribution is -2.30. The third-order valence-electron chi connectivity index (χ3n) is 3.71. The molecular formula is C15H24N4O. The van der Waals surface area contributed by atoms with Gasteiger partial charge in [0.25, 0.3) is 0 Å².